The summed E-state index contributed by atoms with van der Waals surface area (Å²) in [5.41, 5.74) is -1.96. The van der Waals surface area contributed by atoms with Crippen molar-refractivity contribution >= 4 is 34.9 Å². The van der Waals surface area contributed by atoms with Gasteiger partial charge in [-0.15, -0.1) is 0 Å². The van der Waals surface area contributed by atoms with Gasteiger partial charge in [0.15, 0.2) is 0 Å². The van der Waals surface area contributed by atoms with Crippen molar-refractivity contribution in [3.63, 3.8) is 0 Å². The Bertz CT molecular complexity index is 958. The molecule has 1 atom stereocenters. The summed E-state index contributed by atoms with van der Waals surface area (Å²) in [6, 6.07) is 11.4. The molecule has 0 heterocycles. The van der Waals surface area contributed by atoms with Crippen LogP contribution < -0.4 is 5.32 Å². The lowest BCUT2D eigenvalue weighted by molar-refractivity contribution is -0.147. The van der Waals surface area contributed by atoms with Gasteiger partial charge >= 0.3 is 12.1 Å². The molecule has 0 aliphatic rings. The highest BCUT2D eigenvalue weighted by Crippen LogP contribution is 2.34. The van der Waals surface area contributed by atoms with Gasteiger partial charge in [0.2, 0.25) is 5.91 Å². The number of nitrogens with one attached hydrogen (secondary N) is 1. The number of Topliss-reactive ketones (excluding diaryl/α,β-unsaturated/α-hetero) is 1. The summed E-state index contributed by atoms with van der Waals surface area (Å²) in [5.74, 6) is -5.01. The second kappa shape index (κ2) is 8.87. The fourth-order valence-corrected chi connectivity index (χ4v) is 3.00. The number of carbonyl (C=O) groups is 3. The van der Waals surface area contributed by atoms with Crippen molar-refractivity contribution in [3.05, 3.63) is 64.7 Å². The second-order valence-corrected chi connectivity index (χ2v) is 7.80. The highest BCUT2D eigenvalue weighted by molar-refractivity contribution is 6.31. The zero-order chi connectivity index (χ0) is 22.7. The molecule has 0 saturated carbocycles. The number of carbonyl (C=O) groups excluding carboxylic acids is 2. The molecule has 0 fully saturated rings. The summed E-state index contributed by atoms with van der Waals surface area (Å²) in [6.45, 7) is 2.89. The van der Waals surface area contributed by atoms with Gasteiger partial charge < -0.3 is 10.4 Å². The molecule has 0 unspecified atom stereocenters. The minimum Gasteiger partial charge on any atom is -0.481 e. The number of halogens is 4. The largest absolute Gasteiger partial charge is 0.481 e. The molecular formula is C21H19ClF3NO4. The van der Waals surface area contributed by atoms with Gasteiger partial charge in [-0.1, -0.05) is 41.9 Å². The number of carboxylic acids is 1. The minimum absolute atomic E-state index is 0.104. The van der Waals surface area contributed by atoms with Crippen molar-refractivity contribution in [3.8, 4) is 0 Å². The van der Waals surface area contributed by atoms with E-state index in [4.69, 9.17) is 11.6 Å². The molecule has 2 aromatic rings. The topological polar surface area (TPSA) is 83.5 Å². The first-order valence-electron chi connectivity index (χ1n) is 8.83. The molecule has 5 nitrogen and oxygen atoms in total. The van der Waals surface area contributed by atoms with E-state index in [1.165, 1.54) is 19.9 Å². The van der Waals surface area contributed by atoms with Crippen molar-refractivity contribution in [2.24, 2.45) is 5.41 Å². The van der Waals surface area contributed by atoms with E-state index >= 15 is 0 Å². The normalized spacial score (nSPS) is 12.9. The van der Waals surface area contributed by atoms with E-state index in [0.29, 0.717) is 5.56 Å². The molecule has 0 saturated heterocycles. The predicted octanol–water partition coefficient (Wildman–Crippen LogP) is 5.31. The van der Waals surface area contributed by atoms with Crippen molar-refractivity contribution in [2.45, 2.75) is 32.4 Å². The van der Waals surface area contributed by atoms with Crippen molar-refractivity contribution in [1.29, 1.82) is 0 Å². The number of carboxylic acid groups (broad SMARTS) is 1. The number of anilines is 1. The molecule has 0 bridgehead atoms. The molecule has 0 aliphatic heterocycles. The van der Waals surface area contributed by atoms with E-state index in [1.807, 2.05) is 0 Å². The van der Waals surface area contributed by atoms with E-state index < -0.39 is 40.7 Å². The first kappa shape index (κ1) is 23.4. The zero-order valence-corrected chi connectivity index (χ0v) is 16.8. The quantitative estimate of drug-likeness (QED) is 0.570. The van der Waals surface area contributed by atoms with Crippen LogP contribution in [0, 0.1) is 5.41 Å². The number of amides is 1. The third kappa shape index (κ3) is 5.60. The summed E-state index contributed by atoms with van der Waals surface area (Å²) in [7, 11) is 0. The molecule has 2 aromatic carbocycles. The molecule has 160 valence electrons. The maximum atomic E-state index is 13.0. The Hall–Kier alpha value is -2.87. The monoisotopic (exact) mass is 441 g/mol. The fourth-order valence-electron chi connectivity index (χ4n) is 2.83. The number of benzene rings is 2. The zero-order valence-electron chi connectivity index (χ0n) is 16.1. The second-order valence-electron chi connectivity index (χ2n) is 7.36. The average Bonchev–Trinajstić information content (AvgIpc) is 2.66. The van der Waals surface area contributed by atoms with Crippen LogP contribution in [0.1, 0.15) is 42.1 Å². The number of aliphatic carboxylic acids is 1. The molecule has 0 aliphatic carbocycles. The Morgan fingerprint density at radius 1 is 1.07 bits per heavy atom. The van der Waals surface area contributed by atoms with E-state index in [0.717, 1.165) is 12.1 Å². The maximum absolute atomic E-state index is 13.0. The number of ketones is 1. The lowest BCUT2D eigenvalue weighted by Crippen LogP contribution is -2.32. The summed E-state index contributed by atoms with van der Waals surface area (Å²) in [4.78, 5) is 36.3. The van der Waals surface area contributed by atoms with Gasteiger partial charge in [0, 0.05) is 5.02 Å². The van der Waals surface area contributed by atoms with Crippen LogP contribution in [-0.2, 0) is 9.59 Å². The Morgan fingerprint density at radius 2 is 1.67 bits per heavy atom. The maximum Gasteiger partial charge on any atom is 0.454 e. The third-order valence-corrected chi connectivity index (χ3v) is 4.79. The third-order valence-electron chi connectivity index (χ3n) is 4.55. The first-order valence-corrected chi connectivity index (χ1v) is 9.21. The molecule has 0 aromatic heterocycles. The van der Waals surface area contributed by atoms with Crippen LogP contribution >= 0.6 is 11.6 Å². The first-order chi connectivity index (χ1) is 13.8. The van der Waals surface area contributed by atoms with Crippen LogP contribution in [-0.4, -0.2) is 28.9 Å². The van der Waals surface area contributed by atoms with Gasteiger partial charge in [-0.25, -0.2) is 0 Å². The van der Waals surface area contributed by atoms with Crippen LogP contribution in [0.4, 0.5) is 18.9 Å². The van der Waals surface area contributed by atoms with Gasteiger partial charge in [0.1, 0.15) is 0 Å². The summed E-state index contributed by atoms with van der Waals surface area (Å²) in [5, 5.41) is 11.7. The Balaban J connectivity index is 2.44. The Labute approximate surface area is 175 Å². The average molecular weight is 442 g/mol. The molecule has 0 spiro atoms. The highest BCUT2D eigenvalue weighted by atomic mass is 35.5. The van der Waals surface area contributed by atoms with Gasteiger partial charge in [0.25, 0.3) is 5.78 Å². The van der Waals surface area contributed by atoms with E-state index in [2.05, 4.69) is 5.32 Å². The SMILES string of the molecule is CC(C)(C[C@@H](C(=O)Nc1ccc(Cl)cc1C(=O)C(F)(F)F)c1ccccc1)C(=O)O. The van der Waals surface area contributed by atoms with Crippen LogP contribution in [0.2, 0.25) is 5.02 Å². The summed E-state index contributed by atoms with van der Waals surface area (Å²) in [6.07, 6.45) is -5.28. The van der Waals surface area contributed by atoms with Crippen molar-refractivity contribution in [1.82, 2.24) is 0 Å². The lowest BCUT2D eigenvalue weighted by atomic mass is 9.79. The fraction of sp³-hybridized carbons (Fsp3) is 0.286. The molecule has 0 radical (unpaired) electrons. The van der Waals surface area contributed by atoms with Crippen LogP contribution in [0.15, 0.2) is 48.5 Å². The smallest absolute Gasteiger partial charge is 0.454 e. The van der Waals surface area contributed by atoms with Gasteiger partial charge in [0.05, 0.1) is 22.6 Å². The van der Waals surface area contributed by atoms with Gasteiger partial charge in [-0.05, 0) is 44.0 Å². The molecule has 2 rings (SSSR count). The Kier molecular flexibility index (Phi) is 6.92. The van der Waals surface area contributed by atoms with E-state index in [1.54, 1.807) is 30.3 Å². The number of alkyl halides is 3. The van der Waals surface area contributed by atoms with Gasteiger partial charge in [-0.2, -0.15) is 13.2 Å². The molecule has 1 amide bonds. The number of hydrogen-bond acceptors (Lipinski definition) is 3. The van der Waals surface area contributed by atoms with Crippen molar-refractivity contribution < 1.29 is 32.7 Å². The predicted molar refractivity (Wildman–Crippen MR) is 106 cm³/mol. The van der Waals surface area contributed by atoms with E-state index in [-0.39, 0.29) is 17.1 Å². The standard InChI is InChI=1S/C21H19ClF3NO4/c1-20(2,19(29)30)11-15(12-6-4-3-5-7-12)18(28)26-16-9-8-13(22)10-14(16)17(27)21(23,24)25/h3-10,15H,11H2,1-2H3,(H,26,28)(H,29,30)/t15-/m1/s1. The molecular weight excluding hydrogens is 423 g/mol. The van der Waals surface area contributed by atoms with Crippen LogP contribution in [0.25, 0.3) is 0 Å². The number of rotatable bonds is 7. The molecule has 9 heteroatoms. The van der Waals surface area contributed by atoms with E-state index in [9.17, 15) is 32.7 Å². The summed E-state index contributed by atoms with van der Waals surface area (Å²) >= 11 is 5.73. The lowest BCUT2D eigenvalue weighted by Gasteiger charge is -2.26. The molecule has 2 N–H and O–H groups in total. The molecule has 30 heavy (non-hydrogen) atoms. The van der Waals surface area contributed by atoms with Crippen LogP contribution in [0.3, 0.4) is 0 Å². The van der Waals surface area contributed by atoms with Crippen molar-refractivity contribution in [2.75, 3.05) is 5.32 Å². The Morgan fingerprint density at radius 3 is 2.20 bits per heavy atom. The van der Waals surface area contributed by atoms with Crippen LogP contribution in [0.5, 0.6) is 0 Å². The summed E-state index contributed by atoms with van der Waals surface area (Å²) < 4.78 is 38.8. The minimum atomic E-state index is -5.16. The number of hydrogen-bond donors (Lipinski definition) is 2. The van der Waals surface area contributed by atoms with Gasteiger partial charge in [-0.3, -0.25) is 14.4 Å². The highest BCUT2D eigenvalue weighted by Gasteiger charge is 2.41.